The first kappa shape index (κ1) is 13.6. The zero-order valence-electron chi connectivity index (χ0n) is 10.7. The summed E-state index contributed by atoms with van der Waals surface area (Å²) in [4.78, 5) is 12.4. The highest BCUT2D eigenvalue weighted by Gasteiger charge is 2.15. The van der Waals surface area contributed by atoms with E-state index in [1.807, 2.05) is 36.4 Å². The highest BCUT2D eigenvalue weighted by Crippen LogP contribution is 2.42. The molecule has 3 aromatic rings. The molecule has 0 amide bonds. The Kier molecular flexibility index (Phi) is 3.76. The number of esters is 1. The lowest BCUT2D eigenvalue weighted by molar-refractivity contribution is -0.131. The average molecular weight is 394 g/mol. The van der Waals surface area contributed by atoms with E-state index in [9.17, 15) is 4.79 Å². The molecule has 0 spiro atoms. The predicted octanol–water partition coefficient (Wildman–Crippen LogP) is 5.10. The van der Waals surface area contributed by atoms with Crippen molar-refractivity contribution in [3.05, 3.63) is 52.1 Å². The van der Waals surface area contributed by atoms with Crippen LogP contribution in [0.15, 0.2) is 48.5 Å². The van der Waals surface area contributed by atoms with Crippen molar-refractivity contribution in [2.24, 2.45) is 0 Å². The van der Waals surface area contributed by atoms with E-state index in [0.717, 1.165) is 10.4 Å². The number of ether oxygens (including phenoxy) is 1. The maximum Gasteiger partial charge on any atom is 0.308 e. The maximum atomic E-state index is 11.2. The van der Waals surface area contributed by atoms with Crippen molar-refractivity contribution in [3.8, 4) is 16.2 Å². The Morgan fingerprint density at radius 2 is 1.80 bits per heavy atom. The fourth-order valence-electron chi connectivity index (χ4n) is 2.09. The fourth-order valence-corrected chi connectivity index (χ4v) is 4.48. The quantitative estimate of drug-likeness (QED) is 0.344. The molecule has 0 fully saturated rings. The number of carbonyl (C=O) groups is 1. The monoisotopic (exact) mass is 394 g/mol. The number of thiophene rings is 1. The van der Waals surface area contributed by atoms with E-state index >= 15 is 0 Å². The summed E-state index contributed by atoms with van der Waals surface area (Å²) in [5.74, 6) is 0.318. The SMILES string of the molecule is CC(=O)Oc1ccccc1-c1sc2ccccc2c1I. The van der Waals surface area contributed by atoms with Gasteiger partial charge in [-0.25, -0.2) is 0 Å². The normalized spacial score (nSPS) is 10.7. The number of carbonyl (C=O) groups excluding carboxylic acids is 1. The van der Waals surface area contributed by atoms with Crippen LogP contribution in [0, 0.1) is 3.57 Å². The molecule has 0 atom stereocenters. The van der Waals surface area contributed by atoms with Crippen LogP contribution in [0.3, 0.4) is 0 Å². The van der Waals surface area contributed by atoms with Crippen molar-refractivity contribution in [2.45, 2.75) is 6.92 Å². The van der Waals surface area contributed by atoms with E-state index in [4.69, 9.17) is 4.74 Å². The van der Waals surface area contributed by atoms with Crippen LogP contribution in [0.5, 0.6) is 5.75 Å². The van der Waals surface area contributed by atoms with Crippen molar-refractivity contribution in [3.63, 3.8) is 0 Å². The number of para-hydroxylation sites is 1. The first-order valence-electron chi connectivity index (χ1n) is 6.11. The summed E-state index contributed by atoms with van der Waals surface area (Å²) >= 11 is 4.08. The van der Waals surface area contributed by atoms with E-state index in [2.05, 4.69) is 34.7 Å². The van der Waals surface area contributed by atoms with Gasteiger partial charge in [0.15, 0.2) is 0 Å². The number of fused-ring (bicyclic) bond motifs is 1. The third-order valence-corrected chi connectivity index (χ3v) is 5.61. The van der Waals surface area contributed by atoms with Crippen LogP contribution >= 0.6 is 33.9 Å². The van der Waals surface area contributed by atoms with Crippen molar-refractivity contribution in [1.29, 1.82) is 0 Å². The number of hydrogen-bond acceptors (Lipinski definition) is 3. The molecule has 0 unspecified atom stereocenters. The summed E-state index contributed by atoms with van der Waals surface area (Å²) in [6.07, 6.45) is 0. The Labute approximate surface area is 134 Å². The van der Waals surface area contributed by atoms with Crippen LogP contribution in [0.25, 0.3) is 20.5 Å². The molecule has 20 heavy (non-hydrogen) atoms. The molecule has 0 aliphatic rings. The van der Waals surface area contributed by atoms with Gasteiger partial charge in [-0.2, -0.15) is 0 Å². The fraction of sp³-hybridized carbons (Fsp3) is 0.0625. The molecular weight excluding hydrogens is 383 g/mol. The highest BCUT2D eigenvalue weighted by molar-refractivity contribution is 14.1. The molecule has 1 heterocycles. The van der Waals surface area contributed by atoms with E-state index in [0.29, 0.717) is 5.75 Å². The van der Waals surface area contributed by atoms with E-state index in [1.54, 1.807) is 11.3 Å². The Balaban J connectivity index is 2.20. The van der Waals surface area contributed by atoms with Gasteiger partial charge in [0.2, 0.25) is 0 Å². The first-order valence-corrected chi connectivity index (χ1v) is 8.01. The highest BCUT2D eigenvalue weighted by atomic mass is 127. The van der Waals surface area contributed by atoms with Crippen LogP contribution in [-0.2, 0) is 4.79 Å². The lowest BCUT2D eigenvalue weighted by Gasteiger charge is -2.07. The van der Waals surface area contributed by atoms with Crippen molar-refractivity contribution >= 4 is 50.0 Å². The minimum absolute atomic E-state index is 0.298. The van der Waals surface area contributed by atoms with Gasteiger partial charge < -0.3 is 4.74 Å². The minimum atomic E-state index is -0.298. The lowest BCUT2D eigenvalue weighted by Crippen LogP contribution is -2.02. The molecule has 0 radical (unpaired) electrons. The van der Waals surface area contributed by atoms with Gasteiger partial charge in [0, 0.05) is 26.1 Å². The lowest BCUT2D eigenvalue weighted by atomic mass is 10.1. The Morgan fingerprint density at radius 3 is 2.55 bits per heavy atom. The number of rotatable bonds is 2. The van der Waals surface area contributed by atoms with E-state index in [-0.39, 0.29) is 5.97 Å². The van der Waals surface area contributed by atoms with Crippen LogP contribution in [0.4, 0.5) is 0 Å². The number of halogens is 1. The van der Waals surface area contributed by atoms with Gasteiger partial charge >= 0.3 is 5.97 Å². The van der Waals surface area contributed by atoms with Crippen LogP contribution in [-0.4, -0.2) is 5.97 Å². The van der Waals surface area contributed by atoms with Crippen molar-refractivity contribution in [2.75, 3.05) is 0 Å². The number of hydrogen-bond donors (Lipinski definition) is 0. The summed E-state index contributed by atoms with van der Waals surface area (Å²) in [7, 11) is 0. The number of benzene rings is 2. The molecule has 3 rings (SSSR count). The molecule has 0 saturated carbocycles. The van der Waals surface area contributed by atoms with Gasteiger partial charge in [-0.15, -0.1) is 11.3 Å². The molecule has 0 bridgehead atoms. The summed E-state index contributed by atoms with van der Waals surface area (Å²) in [6.45, 7) is 1.42. The van der Waals surface area contributed by atoms with Crippen molar-refractivity contribution < 1.29 is 9.53 Å². The van der Waals surface area contributed by atoms with Gasteiger partial charge in [0.1, 0.15) is 5.75 Å². The van der Waals surface area contributed by atoms with Crippen molar-refractivity contribution in [1.82, 2.24) is 0 Å². The van der Waals surface area contributed by atoms with E-state index < -0.39 is 0 Å². The first-order chi connectivity index (χ1) is 9.66. The predicted molar refractivity (Wildman–Crippen MR) is 91.3 cm³/mol. The Hall–Kier alpha value is -1.40. The van der Waals surface area contributed by atoms with Gasteiger partial charge in [0.05, 0.1) is 4.88 Å². The standard InChI is InChI=1S/C16H11IO2S/c1-10(18)19-13-8-4-2-6-11(13)16-15(17)12-7-3-5-9-14(12)20-16/h2-9H,1H3. The largest absolute Gasteiger partial charge is 0.426 e. The third-order valence-electron chi connectivity index (χ3n) is 2.92. The zero-order chi connectivity index (χ0) is 14.1. The summed E-state index contributed by atoms with van der Waals surface area (Å²) < 4.78 is 7.75. The maximum absolute atomic E-state index is 11.2. The molecule has 1 aromatic heterocycles. The molecule has 0 N–H and O–H groups in total. The summed E-state index contributed by atoms with van der Waals surface area (Å²) in [6, 6.07) is 16.0. The van der Waals surface area contributed by atoms with E-state index in [1.165, 1.54) is 20.6 Å². The molecule has 2 nitrogen and oxygen atoms in total. The van der Waals surface area contributed by atoms with Crippen LogP contribution in [0.2, 0.25) is 0 Å². The second-order valence-electron chi connectivity index (χ2n) is 4.33. The molecule has 0 aliphatic carbocycles. The second kappa shape index (κ2) is 5.54. The smallest absolute Gasteiger partial charge is 0.308 e. The van der Waals surface area contributed by atoms with Crippen LogP contribution < -0.4 is 4.74 Å². The molecule has 2 aromatic carbocycles. The zero-order valence-corrected chi connectivity index (χ0v) is 13.7. The topological polar surface area (TPSA) is 26.3 Å². The second-order valence-corrected chi connectivity index (χ2v) is 6.46. The van der Waals surface area contributed by atoms with Crippen LogP contribution in [0.1, 0.15) is 6.92 Å². The molecule has 0 saturated heterocycles. The van der Waals surface area contributed by atoms with Gasteiger partial charge in [-0.1, -0.05) is 30.3 Å². The molecule has 4 heteroatoms. The average Bonchev–Trinajstić information content (AvgIpc) is 2.77. The molecule has 100 valence electrons. The van der Waals surface area contributed by atoms with Gasteiger partial charge in [0.25, 0.3) is 0 Å². The Bertz CT molecular complexity index is 792. The minimum Gasteiger partial charge on any atom is -0.426 e. The molecule has 0 aliphatic heterocycles. The summed E-state index contributed by atoms with van der Waals surface area (Å²) in [5, 5.41) is 1.24. The van der Waals surface area contributed by atoms with Gasteiger partial charge in [-0.3, -0.25) is 4.79 Å². The summed E-state index contributed by atoms with van der Waals surface area (Å²) in [5.41, 5.74) is 0.966. The van der Waals surface area contributed by atoms with Gasteiger partial charge in [-0.05, 0) is 40.8 Å². The molecular formula is C16H11IO2S. The Morgan fingerprint density at radius 1 is 1.10 bits per heavy atom. The third kappa shape index (κ3) is 2.45.